The van der Waals surface area contributed by atoms with Crippen molar-refractivity contribution in [2.24, 2.45) is 0 Å². The minimum absolute atomic E-state index is 0.106. The van der Waals surface area contributed by atoms with Crippen LogP contribution in [0.5, 0.6) is 0 Å². The van der Waals surface area contributed by atoms with Gasteiger partial charge >= 0.3 is 35.0 Å². The van der Waals surface area contributed by atoms with Gasteiger partial charge in [-0.25, -0.2) is 0 Å². The third kappa shape index (κ3) is 23.8. The van der Waals surface area contributed by atoms with Gasteiger partial charge in [0.05, 0.1) is 0 Å². The van der Waals surface area contributed by atoms with Crippen LogP contribution in [-0.4, -0.2) is 19.9 Å². The molecular weight excluding hydrogens is 474 g/mol. The SMILES string of the molecule is [Cl][Pd][Cl].c1ccncc1.c1ccncc1.c1ccncc1.c1ccncc1. The first kappa shape index (κ1) is 24.8. The number of aromatic nitrogens is 4. The molecule has 4 aromatic rings. The van der Waals surface area contributed by atoms with E-state index >= 15 is 0 Å². The Labute approximate surface area is 176 Å². The molecule has 27 heavy (non-hydrogen) atoms. The smallest absolute Gasteiger partial charge is 0.0267 e. The largest absolute Gasteiger partial charge is 0.265 e. The Morgan fingerprint density at radius 3 is 0.519 bits per heavy atom. The summed E-state index contributed by atoms with van der Waals surface area (Å²) < 4.78 is 0. The third-order valence-electron chi connectivity index (χ3n) is 2.27. The molecule has 0 saturated heterocycles. The van der Waals surface area contributed by atoms with Gasteiger partial charge in [-0.05, 0) is 48.5 Å². The zero-order chi connectivity index (χ0) is 19.7. The van der Waals surface area contributed by atoms with E-state index in [0.29, 0.717) is 0 Å². The molecule has 0 atom stereocenters. The van der Waals surface area contributed by atoms with Crippen LogP contribution in [0, 0.1) is 0 Å². The van der Waals surface area contributed by atoms with Gasteiger partial charge in [-0.2, -0.15) is 0 Å². The first-order valence-corrected chi connectivity index (χ1v) is 11.6. The minimum atomic E-state index is -0.106. The number of pyridine rings is 4. The number of nitrogens with zero attached hydrogens (tertiary/aromatic N) is 4. The van der Waals surface area contributed by atoms with Crippen LogP contribution in [0.15, 0.2) is 122 Å². The van der Waals surface area contributed by atoms with Crippen LogP contribution in [0.3, 0.4) is 0 Å². The van der Waals surface area contributed by atoms with Crippen LogP contribution < -0.4 is 0 Å². The van der Waals surface area contributed by atoms with Crippen LogP contribution in [0.4, 0.5) is 0 Å². The van der Waals surface area contributed by atoms with Crippen molar-refractivity contribution in [3.8, 4) is 0 Å². The van der Waals surface area contributed by atoms with E-state index in [9.17, 15) is 0 Å². The molecule has 4 aromatic heterocycles. The van der Waals surface area contributed by atoms with Crippen LogP contribution in [-0.2, 0) is 15.9 Å². The predicted octanol–water partition coefficient (Wildman–Crippen LogP) is 5.70. The maximum absolute atomic E-state index is 4.81. The molecule has 4 heterocycles. The zero-order valence-electron chi connectivity index (χ0n) is 14.4. The Bertz CT molecular complexity index is 461. The van der Waals surface area contributed by atoms with Crippen LogP contribution >= 0.6 is 19.1 Å². The molecule has 0 bridgehead atoms. The van der Waals surface area contributed by atoms with Crippen molar-refractivity contribution in [2.75, 3.05) is 0 Å². The number of hydrogen-bond acceptors (Lipinski definition) is 4. The molecule has 0 amide bonds. The Balaban J connectivity index is 0.000000319. The van der Waals surface area contributed by atoms with Crippen molar-refractivity contribution in [3.63, 3.8) is 0 Å². The summed E-state index contributed by atoms with van der Waals surface area (Å²) in [7, 11) is 9.63. The summed E-state index contributed by atoms with van der Waals surface area (Å²) in [5.74, 6) is 0. The second-order valence-corrected chi connectivity index (χ2v) is 6.50. The monoisotopic (exact) mass is 492 g/mol. The second kappa shape index (κ2) is 23.8. The van der Waals surface area contributed by atoms with Gasteiger partial charge in [-0.15, -0.1) is 0 Å². The van der Waals surface area contributed by atoms with Gasteiger partial charge in [-0.3, -0.25) is 19.9 Å². The van der Waals surface area contributed by atoms with Gasteiger partial charge in [0.25, 0.3) is 0 Å². The molecule has 0 N–H and O–H groups in total. The average Bonchev–Trinajstić information content (AvgIpc) is 2.80. The van der Waals surface area contributed by atoms with Crippen molar-refractivity contribution in [2.45, 2.75) is 0 Å². The molecule has 7 heteroatoms. The van der Waals surface area contributed by atoms with Crippen molar-refractivity contribution in [1.82, 2.24) is 19.9 Å². The Morgan fingerprint density at radius 2 is 0.481 bits per heavy atom. The summed E-state index contributed by atoms with van der Waals surface area (Å²) in [6.45, 7) is 0. The van der Waals surface area contributed by atoms with E-state index in [4.69, 9.17) is 19.1 Å². The maximum atomic E-state index is 4.81. The molecule has 0 aliphatic heterocycles. The van der Waals surface area contributed by atoms with Gasteiger partial charge < -0.3 is 0 Å². The van der Waals surface area contributed by atoms with Gasteiger partial charge in [0.2, 0.25) is 0 Å². The molecule has 0 aromatic carbocycles. The van der Waals surface area contributed by atoms with E-state index in [1.54, 1.807) is 49.6 Å². The third-order valence-corrected chi connectivity index (χ3v) is 2.27. The fourth-order valence-electron chi connectivity index (χ4n) is 1.25. The van der Waals surface area contributed by atoms with E-state index in [1.165, 1.54) is 0 Å². The molecule has 144 valence electrons. The van der Waals surface area contributed by atoms with Crippen molar-refractivity contribution >= 4 is 19.1 Å². The predicted molar refractivity (Wildman–Crippen MR) is 109 cm³/mol. The fraction of sp³-hybridized carbons (Fsp3) is 0. The summed E-state index contributed by atoms with van der Waals surface area (Å²) >= 11 is -0.106. The Kier molecular flexibility index (Phi) is 21.9. The molecule has 0 saturated carbocycles. The molecule has 0 spiro atoms. The van der Waals surface area contributed by atoms with Crippen molar-refractivity contribution in [1.29, 1.82) is 0 Å². The number of hydrogen-bond donors (Lipinski definition) is 0. The van der Waals surface area contributed by atoms with Gasteiger partial charge in [0.15, 0.2) is 0 Å². The molecule has 0 aliphatic carbocycles. The summed E-state index contributed by atoms with van der Waals surface area (Å²) in [5, 5.41) is 0. The quantitative estimate of drug-likeness (QED) is 0.295. The summed E-state index contributed by atoms with van der Waals surface area (Å²) in [6.07, 6.45) is 14.0. The van der Waals surface area contributed by atoms with E-state index in [-0.39, 0.29) is 15.9 Å². The van der Waals surface area contributed by atoms with Gasteiger partial charge in [0.1, 0.15) is 0 Å². The Morgan fingerprint density at radius 1 is 0.333 bits per heavy atom. The average molecular weight is 494 g/mol. The minimum Gasteiger partial charge on any atom is -0.265 e. The number of rotatable bonds is 0. The molecule has 0 fully saturated rings. The van der Waals surface area contributed by atoms with Crippen LogP contribution in [0.25, 0.3) is 0 Å². The van der Waals surface area contributed by atoms with Gasteiger partial charge in [0, 0.05) is 49.6 Å². The summed E-state index contributed by atoms with van der Waals surface area (Å²) in [4.78, 5) is 15.1. The molecule has 0 aliphatic rings. The van der Waals surface area contributed by atoms with Crippen molar-refractivity contribution < 1.29 is 15.9 Å². The second-order valence-electron chi connectivity index (χ2n) is 4.14. The maximum Gasteiger partial charge on any atom is 0.0267 e. The van der Waals surface area contributed by atoms with E-state index in [0.717, 1.165) is 0 Å². The van der Waals surface area contributed by atoms with E-state index in [1.807, 2.05) is 72.8 Å². The summed E-state index contributed by atoms with van der Waals surface area (Å²) in [6, 6.07) is 22.9. The fourth-order valence-corrected chi connectivity index (χ4v) is 1.25. The molecule has 4 rings (SSSR count). The normalized spacial score (nSPS) is 7.93. The number of halogens is 2. The van der Waals surface area contributed by atoms with Crippen LogP contribution in [0.1, 0.15) is 0 Å². The molecule has 4 nitrogen and oxygen atoms in total. The zero-order valence-corrected chi connectivity index (χ0v) is 17.5. The molecular formula is C20H20Cl2N4Pd. The summed E-state index contributed by atoms with van der Waals surface area (Å²) in [5.41, 5.74) is 0. The van der Waals surface area contributed by atoms with Gasteiger partial charge in [-0.1, -0.05) is 24.3 Å². The topological polar surface area (TPSA) is 51.6 Å². The molecule has 0 radical (unpaired) electrons. The van der Waals surface area contributed by atoms with Crippen molar-refractivity contribution in [3.05, 3.63) is 122 Å². The molecule has 0 unspecified atom stereocenters. The van der Waals surface area contributed by atoms with E-state index < -0.39 is 0 Å². The first-order valence-electron chi connectivity index (χ1n) is 7.64. The van der Waals surface area contributed by atoms with Crippen LogP contribution in [0.2, 0.25) is 0 Å². The first-order chi connectivity index (χ1) is 13.4. The standard InChI is InChI=1S/4C5H5N.2ClH.Pd/c4*1-2-4-6-5-3-1;;;/h4*1-5H;2*1H;/q;;;;;;+2/p-2. The van der Waals surface area contributed by atoms with E-state index in [2.05, 4.69) is 19.9 Å². The Hall–Kier alpha value is -2.16.